The minimum Gasteiger partial charge on any atom is -0.481 e. The molecule has 1 aliphatic rings. The molecule has 0 spiro atoms. The topological polar surface area (TPSA) is 107 Å². The van der Waals surface area contributed by atoms with Crippen molar-refractivity contribution < 1.29 is 24.9 Å². The zero-order valence-corrected chi connectivity index (χ0v) is 16.1. The van der Waals surface area contributed by atoms with Crippen molar-refractivity contribution in [1.82, 2.24) is 5.32 Å². The third-order valence-corrected chi connectivity index (χ3v) is 5.49. The van der Waals surface area contributed by atoms with E-state index in [-0.39, 0.29) is 18.6 Å². The molecule has 1 aliphatic heterocycles. The van der Waals surface area contributed by atoms with Crippen LogP contribution in [0, 0.1) is 5.92 Å². The Kier molecular flexibility index (Phi) is 11.7. The number of aliphatic hydroxyl groups is 2. The van der Waals surface area contributed by atoms with Crippen LogP contribution in [0.25, 0.3) is 0 Å². The van der Waals surface area contributed by atoms with E-state index in [1.165, 1.54) is 0 Å². The molecule has 0 amide bonds. The summed E-state index contributed by atoms with van der Waals surface area (Å²) in [4.78, 5) is 21.4. The molecule has 0 saturated carbocycles. The average molecular weight is 372 g/mol. The van der Waals surface area contributed by atoms with Gasteiger partial charge in [0, 0.05) is 18.5 Å². The van der Waals surface area contributed by atoms with Crippen LogP contribution in [0.3, 0.4) is 0 Å². The van der Waals surface area contributed by atoms with Crippen LogP contribution >= 0.6 is 0 Å². The summed E-state index contributed by atoms with van der Waals surface area (Å²) in [7, 11) is 0. The van der Waals surface area contributed by atoms with Gasteiger partial charge in [-0.2, -0.15) is 0 Å². The number of carboxylic acids is 1. The molecular formula is C20H37NO5. The third-order valence-electron chi connectivity index (χ3n) is 5.49. The first-order valence-corrected chi connectivity index (χ1v) is 10.2. The number of hydrogen-bond donors (Lipinski definition) is 4. The smallest absolute Gasteiger partial charge is 0.305 e. The third kappa shape index (κ3) is 10.2. The SMILES string of the molecule is CC1NC(CC(CC=O)CCCCCCCC(O)CC(=O)O)CCC1O. The number of carbonyl (C=O) groups is 2. The van der Waals surface area contributed by atoms with Gasteiger partial charge < -0.3 is 25.4 Å². The first kappa shape index (κ1) is 23.1. The minimum absolute atomic E-state index is 0.127. The Morgan fingerprint density at radius 3 is 2.42 bits per heavy atom. The number of aliphatic hydroxyl groups excluding tert-OH is 2. The molecule has 152 valence electrons. The molecule has 0 aromatic rings. The van der Waals surface area contributed by atoms with Crippen LogP contribution in [0.1, 0.15) is 84.0 Å². The van der Waals surface area contributed by atoms with E-state index in [0.29, 0.717) is 24.8 Å². The lowest BCUT2D eigenvalue weighted by Gasteiger charge is -2.34. The van der Waals surface area contributed by atoms with Crippen LogP contribution in [0.15, 0.2) is 0 Å². The van der Waals surface area contributed by atoms with Gasteiger partial charge in [-0.25, -0.2) is 0 Å². The van der Waals surface area contributed by atoms with Crippen molar-refractivity contribution in [1.29, 1.82) is 0 Å². The molecule has 0 aromatic carbocycles. The summed E-state index contributed by atoms with van der Waals surface area (Å²) in [6.45, 7) is 2.01. The number of piperidine rings is 1. The molecule has 0 bridgehead atoms. The highest BCUT2D eigenvalue weighted by Crippen LogP contribution is 2.24. The summed E-state index contributed by atoms with van der Waals surface area (Å²) in [5.41, 5.74) is 0. The van der Waals surface area contributed by atoms with Gasteiger partial charge in [0.25, 0.3) is 0 Å². The number of carboxylic acid groups (broad SMARTS) is 1. The molecule has 5 unspecified atom stereocenters. The molecule has 0 aromatic heterocycles. The van der Waals surface area contributed by atoms with E-state index in [9.17, 15) is 19.8 Å². The molecule has 0 radical (unpaired) electrons. The lowest BCUT2D eigenvalue weighted by atomic mass is 9.86. The maximum Gasteiger partial charge on any atom is 0.305 e. The van der Waals surface area contributed by atoms with Crippen molar-refractivity contribution in [2.45, 2.75) is 108 Å². The molecule has 6 heteroatoms. The van der Waals surface area contributed by atoms with Gasteiger partial charge in [0.1, 0.15) is 6.29 Å². The van der Waals surface area contributed by atoms with Crippen molar-refractivity contribution in [3.8, 4) is 0 Å². The number of unbranched alkanes of at least 4 members (excludes halogenated alkanes) is 4. The lowest BCUT2D eigenvalue weighted by molar-refractivity contribution is -0.139. The largest absolute Gasteiger partial charge is 0.481 e. The van der Waals surface area contributed by atoms with E-state index in [4.69, 9.17) is 5.11 Å². The Balaban J connectivity index is 2.12. The number of rotatable bonds is 14. The Labute approximate surface area is 157 Å². The van der Waals surface area contributed by atoms with Gasteiger partial charge in [-0.15, -0.1) is 0 Å². The number of carbonyl (C=O) groups excluding carboxylic acids is 1. The van der Waals surface area contributed by atoms with Gasteiger partial charge >= 0.3 is 5.97 Å². The van der Waals surface area contributed by atoms with Gasteiger partial charge in [-0.3, -0.25) is 4.79 Å². The molecule has 1 rings (SSSR count). The maximum atomic E-state index is 11.0. The highest BCUT2D eigenvalue weighted by molar-refractivity contribution is 5.67. The molecule has 5 atom stereocenters. The second-order valence-corrected chi connectivity index (χ2v) is 7.90. The van der Waals surface area contributed by atoms with Crippen LogP contribution in [0.2, 0.25) is 0 Å². The summed E-state index contributed by atoms with van der Waals surface area (Å²) >= 11 is 0. The average Bonchev–Trinajstić information content (AvgIpc) is 2.56. The lowest BCUT2D eigenvalue weighted by Crippen LogP contribution is -2.49. The number of aldehydes is 1. The maximum absolute atomic E-state index is 11.0. The Hall–Kier alpha value is -0.980. The fourth-order valence-electron chi connectivity index (χ4n) is 3.89. The molecule has 1 heterocycles. The first-order chi connectivity index (χ1) is 12.4. The van der Waals surface area contributed by atoms with Crippen molar-refractivity contribution in [3.63, 3.8) is 0 Å². The highest BCUT2D eigenvalue weighted by Gasteiger charge is 2.26. The molecular weight excluding hydrogens is 334 g/mol. The normalized spacial score (nSPS) is 25.6. The van der Waals surface area contributed by atoms with E-state index in [1.807, 2.05) is 6.92 Å². The summed E-state index contributed by atoms with van der Waals surface area (Å²) in [5.74, 6) is -0.542. The first-order valence-electron chi connectivity index (χ1n) is 10.2. The van der Waals surface area contributed by atoms with Gasteiger partial charge in [0.05, 0.1) is 18.6 Å². The van der Waals surface area contributed by atoms with Crippen LogP contribution in [-0.2, 0) is 9.59 Å². The van der Waals surface area contributed by atoms with E-state index in [0.717, 1.165) is 64.1 Å². The van der Waals surface area contributed by atoms with Gasteiger partial charge in [-0.1, -0.05) is 32.1 Å². The van der Waals surface area contributed by atoms with Gasteiger partial charge in [0.15, 0.2) is 0 Å². The van der Waals surface area contributed by atoms with E-state index < -0.39 is 12.1 Å². The fourth-order valence-corrected chi connectivity index (χ4v) is 3.89. The summed E-state index contributed by atoms with van der Waals surface area (Å²) in [5, 5.41) is 31.4. The van der Waals surface area contributed by atoms with Crippen molar-refractivity contribution >= 4 is 12.3 Å². The predicted octanol–water partition coefficient (Wildman–Crippen LogP) is 2.65. The van der Waals surface area contributed by atoms with E-state index >= 15 is 0 Å². The molecule has 1 fully saturated rings. The molecule has 1 saturated heterocycles. The molecule has 0 aliphatic carbocycles. The van der Waals surface area contributed by atoms with Crippen LogP contribution in [0.4, 0.5) is 0 Å². The highest BCUT2D eigenvalue weighted by atomic mass is 16.4. The Bertz CT molecular complexity index is 404. The van der Waals surface area contributed by atoms with Crippen LogP contribution in [-0.4, -0.2) is 51.9 Å². The zero-order valence-electron chi connectivity index (χ0n) is 16.1. The molecule has 6 nitrogen and oxygen atoms in total. The number of hydrogen-bond acceptors (Lipinski definition) is 5. The Morgan fingerprint density at radius 1 is 1.15 bits per heavy atom. The minimum atomic E-state index is -0.949. The fraction of sp³-hybridized carbons (Fsp3) is 0.900. The molecule has 26 heavy (non-hydrogen) atoms. The Morgan fingerprint density at radius 2 is 1.81 bits per heavy atom. The monoisotopic (exact) mass is 371 g/mol. The van der Waals surface area contributed by atoms with Gasteiger partial charge in [-0.05, 0) is 44.9 Å². The second kappa shape index (κ2) is 13.2. The quantitative estimate of drug-likeness (QED) is 0.276. The summed E-state index contributed by atoms with van der Waals surface area (Å²) in [6.07, 6.45) is 10.0. The summed E-state index contributed by atoms with van der Waals surface area (Å²) in [6, 6.07) is 0.524. The number of nitrogens with one attached hydrogen (secondary N) is 1. The van der Waals surface area contributed by atoms with E-state index in [1.54, 1.807) is 0 Å². The van der Waals surface area contributed by atoms with Crippen molar-refractivity contribution in [2.75, 3.05) is 0 Å². The van der Waals surface area contributed by atoms with Crippen LogP contribution in [0.5, 0.6) is 0 Å². The van der Waals surface area contributed by atoms with Crippen LogP contribution < -0.4 is 5.32 Å². The summed E-state index contributed by atoms with van der Waals surface area (Å²) < 4.78 is 0. The predicted molar refractivity (Wildman–Crippen MR) is 101 cm³/mol. The standard InChI is InChI=1S/C20H37NO5/c1-15-19(24)10-9-17(21-15)13-16(11-12-22)7-5-3-2-4-6-8-18(23)14-20(25)26/h12,15-19,21,23-24H,2-11,13-14H2,1H3,(H,25,26). The van der Waals surface area contributed by atoms with Gasteiger partial charge in [0.2, 0.25) is 0 Å². The second-order valence-electron chi connectivity index (χ2n) is 7.90. The molecule has 4 N–H and O–H groups in total. The zero-order chi connectivity index (χ0) is 19.4. The van der Waals surface area contributed by atoms with E-state index in [2.05, 4.69) is 5.32 Å². The number of aliphatic carboxylic acids is 1. The van der Waals surface area contributed by atoms with Crippen molar-refractivity contribution in [3.05, 3.63) is 0 Å². The van der Waals surface area contributed by atoms with Crippen molar-refractivity contribution in [2.24, 2.45) is 5.92 Å².